The molecule has 7 nitrogen and oxygen atoms in total. The van der Waals surface area contributed by atoms with Gasteiger partial charge in [-0.2, -0.15) is 5.10 Å². The van der Waals surface area contributed by atoms with Crippen molar-refractivity contribution in [3.63, 3.8) is 0 Å². The van der Waals surface area contributed by atoms with Gasteiger partial charge in [0.05, 0.1) is 21.4 Å². The van der Waals surface area contributed by atoms with Crippen molar-refractivity contribution in [3.05, 3.63) is 94.5 Å². The number of urea groups is 1. The van der Waals surface area contributed by atoms with Crippen LogP contribution in [-0.2, 0) is 4.79 Å². The molecule has 1 heterocycles. The molecule has 2 N–H and O–H groups in total. The van der Waals surface area contributed by atoms with Crippen LogP contribution in [0.2, 0.25) is 10.0 Å². The minimum atomic E-state index is -0.346. The predicted molar refractivity (Wildman–Crippen MR) is 154 cm³/mol. The molecule has 1 aromatic heterocycles. The zero-order chi connectivity index (χ0) is 27.1. The lowest BCUT2D eigenvalue weighted by Crippen LogP contribution is -2.41. The highest BCUT2D eigenvalue weighted by Gasteiger charge is 2.20. The average molecular weight is 550 g/mol. The summed E-state index contributed by atoms with van der Waals surface area (Å²) in [5, 5.41) is 11.4. The Kier molecular flexibility index (Phi) is 9.05. The molecule has 0 aliphatic carbocycles. The fraction of sp³-hybridized carbons (Fsp3) is 0.207. The van der Waals surface area contributed by atoms with E-state index < -0.39 is 0 Å². The molecule has 3 amide bonds. The van der Waals surface area contributed by atoms with Gasteiger partial charge in [-0.1, -0.05) is 85.1 Å². The van der Waals surface area contributed by atoms with Crippen molar-refractivity contribution in [2.75, 3.05) is 23.7 Å². The molecule has 9 heteroatoms. The number of hydrogen-bond acceptors (Lipinski definition) is 3. The van der Waals surface area contributed by atoms with Crippen LogP contribution in [0.25, 0.3) is 16.9 Å². The Morgan fingerprint density at radius 3 is 2.37 bits per heavy atom. The summed E-state index contributed by atoms with van der Waals surface area (Å²) in [6, 6.07) is 23.8. The molecular weight excluding hydrogens is 521 g/mol. The summed E-state index contributed by atoms with van der Waals surface area (Å²) in [5.41, 5.74) is 3.86. The Morgan fingerprint density at radius 2 is 1.66 bits per heavy atom. The Morgan fingerprint density at radius 1 is 0.921 bits per heavy atom. The van der Waals surface area contributed by atoms with Crippen molar-refractivity contribution in [2.45, 2.75) is 26.7 Å². The fourth-order valence-electron chi connectivity index (χ4n) is 3.90. The fourth-order valence-corrected chi connectivity index (χ4v) is 4.19. The molecule has 0 saturated heterocycles. The number of carbonyl (C=O) groups is 2. The van der Waals surface area contributed by atoms with Crippen molar-refractivity contribution < 1.29 is 9.59 Å². The van der Waals surface area contributed by atoms with Gasteiger partial charge in [0.25, 0.3) is 0 Å². The third kappa shape index (κ3) is 6.73. The molecule has 0 radical (unpaired) electrons. The van der Waals surface area contributed by atoms with Crippen molar-refractivity contribution in [2.24, 2.45) is 0 Å². The number of amides is 3. The minimum absolute atomic E-state index is 0.120. The summed E-state index contributed by atoms with van der Waals surface area (Å²) >= 11 is 12.4. The topological polar surface area (TPSA) is 79.3 Å². The van der Waals surface area contributed by atoms with Gasteiger partial charge in [-0.05, 0) is 43.2 Å². The molecule has 3 aromatic carbocycles. The van der Waals surface area contributed by atoms with Crippen molar-refractivity contribution >= 4 is 46.6 Å². The van der Waals surface area contributed by atoms with Crippen molar-refractivity contribution in [1.82, 2.24) is 14.7 Å². The zero-order valence-electron chi connectivity index (χ0n) is 21.2. The second-order valence-electron chi connectivity index (χ2n) is 8.86. The van der Waals surface area contributed by atoms with Crippen LogP contribution < -0.4 is 10.6 Å². The molecule has 0 aliphatic heterocycles. The van der Waals surface area contributed by atoms with E-state index in [1.54, 1.807) is 28.9 Å². The van der Waals surface area contributed by atoms with Gasteiger partial charge in [-0.25, -0.2) is 9.48 Å². The lowest BCUT2D eigenvalue weighted by Gasteiger charge is -2.23. The number of rotatable bonds is 9. The Bertz CT molecular complexity index is 1420. The van der Waals surface area contributed by atoms with E-state index in [4.69, 9.17) is 28.3 Å². The first kappa shape index (κ1) is 27.2. The monoisotopic (exact) mass is 549 g/mol. The average Bonchev–Trinajstić information content (AvgIpc) is 3.33. The number of halogens is 2. The lowest BCUT2D eigenvalue weighted by atomic mass is 10.1. The summed E-state index contributed by atoms with van der Waals surface area (Å²) < 4.78 is 1.60. The number of aromatic nitrogens is 2. The van der Waals surface area contributed by atoms with E-state index in [9.17, 15) is 9.59 Å². The van der Waals surface area contributed by atoms with Gasteiger partial charge in [-0.3, -0.25) is 4.79 Å². The van der Waals surface area contributed by atoms with E-state index in [-0.39, 0.29) is 18.5 Å². The summed E-state index contributed by atoms with van der Waals surface area (Å²) in [7, 11) is 0. The Hall–Kier alpha value is -3.81. The molecule has 0 aliphatic rings. The summed E-state index contributed by atoms with van der Waals surface area (Å²) in [4.78, 5) is 27.9. The smallest absolute Gasteiger partial charge is 0.315 e. The van der Waals surface area contributed by atoms with E-state index >= 15 is 0 Å². The van der Waals surface area contributed by atoms with Crippen LogP contribution in [0.3, 0.4) is 0 Å². The van der Waals surface area contributed by atoms with Gasteiger partial charge >= 0.3 is 6.03 Å². The minimum Gasteiger partial charge on any atom is -0.315 e. The van der Waals surface area contributed by atoms with Gasteiger partial charge in [0.1, 0.15) is 12.4 Å². The molecular formula is C29H29Cl2N5O2. The second-order valence-corrected chi connectivity index (χ2v) is 9.67. The van der Waals surface area contributed by atoms with Crippen LogP contribution in [0.1, 0.15) is 25.3 Å². The molecule has 0 fully saturated rings. The number of benzene rings is 3. The van der Waals surface area contributed by atoms with Crippen LogP contribution in [0.15, 0.2) is 78.9 Å². The third-order valence-electron chi connectivity index (χ3n) is 5.98. The van der Waals surface area contributed by atoms with Crippen LogP contribution in [-0.4, -0.2) is 39.7 Å². The van der Waals surface area contributed by atoms with Gasteiger partial charge in [0, 0.05) is 23.9 Å². The van der Waals surface area contributed by atoms with Gasteiger partial charge in [0.15, 0.2) is 0 Å². The van der Waals surface area contributed by atoms with E-state index in [1.165, 1.54) is 4.90 Å². The first-order valence-electron chi connectivity index (χ1n) is 12.4. The lowest BCUT2D eigenvalue weighted by molar-refractivity contribution is -0.116. The Labute approximate surface area is 232 Å². The highest BCUT2D eigenvalue weighted by molar-refractivity contribution is 6.42. The van der Waals surface area contributed by atoms with E-state index in [2.05, 4.69) is 10.6 Å². The largest absolute Gasteiger partial charge is 0.322 e. The number of para-hydroxylation sites is 1. The van der Waals surface area contributed by atoms with Crippen molar-refractivity contribution in [3.8, 4) is 16.9 Å². The number of unbranched alkanes of at least 4 members (excludes halogenated alkanes) is 1. The molecule has 0 spiro atoms. The second kappa shape index (κ2) is 12.6. The predicted octanol–water partition coefficient (Wildman–Crippen LogP) is 7.43. The van der Waals surface area contributed by atoms with Gasteiger partial charge in [-0.15, -0.1) is 0 Å². The number of nitrogens with one attached hydrogen (secondary N) is 2. The molecule has 0 bridgehead atoms. The van der Waals surface area contributed by atoms with Crippen LogP contribution in [0.4, 0.5) is 16.3 Å². The maximum Gasteiger partial charge on any atom is 0.322 e. The standard InChI is InChI=1S/C29H29Cl2N5O2/c1-3-4-16-35(29(38)32-25-13-9-8-10-20(25)2)19-28(37)33-27-18-26(21-11-6-5-7-12-21)34-36(27)22-14-15-23(30)24(31)17-22/h5-15,17-18H,3-4,16,19H2,1-2H3,(H,32,38)(H,33,37). The van der Waals surface area contributed by atoms with Crippen molar-refractivity contribution in [1.29, 1.82) is 0 Å². The van der Waals surface area contributed by atoms with Crippen LogP contribution >= 0.6 is 23.2 Å². The summed E-state index contributed by atoms with van der Waals surface area (Å²) in [6.45, 7) is 4.29. The highest BCUT2D eigenvalue weighted by atomic mass is 35.5. The SMILES string of the molecule is CCCCN(CC(=O)Nc1cc(-c2ccccc2)nn1-c1ccc(Cl)c(Cl)c1)C(=O)Nc1ccccc1C. The van der Waals surface area contributed by atoms with E-state index in [1.807, 2.05) is 68.4 Å². The highest BCUT2D eigenvalue weighted by Crippen LogP contribution is 2.29. The van der Waals surface area contributed by atoms with E-state index in [0.717, 1.165) is 24.0 Å². The van der Waals surface area contributed by atoms with Crippen LogP contribution in [0.5, 0.6) is 0 Å². The first-order chi connectivity index (χ1) is 18.4. The van der Waals surface area contributed by atoms with Crippen LogP contribution in [0, 0.1) is 6.92 Å². The van der Waals surface area contributed by atoms with Gasteiger partial charge < -0.3 is 15.5 Å². The summed E-state index contributed by atoms with van der Waals surface area (Å²) in [5.74, 6) is 0.101. The molecule has 196 valence electrons. The molecule has 0 unspecified atom stereocenters. The number of anilines is 2. The maximum atomic E-state index is 13.2. The zero-order valence-corrected chi connectivity index (χ0v) is 22.8. The number of aryl methyl sites for hydroxylation is 1. The summed E-state index contributed by atoms with van der Waals surface area (Å²) in [6.07, 6.45) is 1.66. The quantitative estimate of drug-likeness (QED) is 0.228. The number of nitrogens with zero attached hydrogens (tertiary/aromatic N) is 3. The number of carbonyl (C=O) groups excluding carboxylic acids is 2. The molecule has 4 rings (SSSR count). The molecule has 38 heavy (non-hydrogen) atoms. The molecule has 4 aromatic rings. The third-order valence-corrected chi connectivity index (χ3v) is 6.72. The molecule has 0 saturated carbocycles. The normalized spacial score (nSPS) is 10.7. The Balaban J connectivity index is 1.58. The molecule has 0 atom stereocenters. The maximum absolute atomic E-state index is 13.2. The number of hydrogen-bond donors (Lipinski definition) is 2. The van der Waals surface area contributed by atoms with Gasteiger partial charge in [0.2, 0.25) is 5.91 Å². The first-order valence-corrected chi connectivity index (χ1v) is 13.1. The van der Waals surface area contributed by atoms with E-state index in [0.29, 0.717) is 39.5 Å².